The Kier molecular flexibility index (Phi) is 2.89. The van der Waals surface area contributed by atoms with E-state index in [9.17, 15) is 0 Å². The second-order valence-corrected chi connectivity index (χ2v) is 5.93. The third kappa shape index (κ3) is 2.18. The normalized spacial score (nSPS) is 24.8. The summed E-state index contributed by atoms with van der Waals surface area (Å²) in [7, 11) is 0. The predicted molar refractivity (Wildman–Crippen MR) is 66.9 cm³/mol. The molecule has 0 amide bonds. The van der Waals surface area contributed by atoms with Crippen LogP contribution in [0.3, 0.4) is 0 Å². The van der Waals surface area contributed by atoms with Crippen molar-refractivity contribution in [1.82, 2.24) is 0 Å². The molecule has 1 heterocycles. The van der Waals surface area contributed by atoms with E-state index in [1.54, 1.807) is 0 Å². The van der Waals surface area contributed by atoms with Crippen molar-refractivity contribution < 1.29 is 4.74 Å². The van der Waals surface area contributed by atoms with Gasteiger partial charge in [0.2, 0.25) is 0 Å². The smallest absolute Gasteiger partial charge is 0.124 e. The summed E-state index contributed by atoms with van der Waals surface area (Å²) in [5, 5.41) is 0.715. The fourth-order valence-electron chi connectivity index (χ4n) is 2.01. The maximum Gasteiger partial charge on any atom is 0.124 e. The SMILES string of the molecule is CC(C)(C)C1CC(N)c2cc(Cl)ccc2O1. The van der Waals surface area contributed by atoms with E-state index in [4.69, 9.17) is 22.1 Å². The Hall–Kier alpha value is -0.730. The van der Waals surface area contributed by atoms with Gasteiger partial charge in [-0.3, -0.25) is 0 Å². The number of hydrogen-bond donors (Lipinski definition) is 1. The van der Waals surface area contributed by atoms with Crippen molar-refractivity contribution in [2.45, 2.75) is 39.3 Å². The minimum atomic E-state index is 0.0201. The molecule has 0 fully saturated rings. The van der Waals surface area contributed by atoms with Gasteiger partial charge < -0.3 is 10.5 Å². The molecule has 0 aromatic heterocycles. The van der Waals surface area contributed by atoms with Crippen LogP contribution in [0.4, 0.5) is 0 Å². The zero-order valence-corrected chi connectivity index (χ0v) is 10.7. The van der Waals surface area contributed by atoms with Crippen molar-refractivity contribution in [3.63, 3.8) is 0 Å². The summed E-state index contributed by atoms with van der Waals surface area (Å²) in [5.74, 6) is 0.878. The van der Waals surface area contributed by atoms with Crippen LogP contribution in [0.25, 0.3) is 0 Å². The lowest BCUT2D eigenvalue weighted by Crippen LogP contribution is -2.38. The molecule has 2 nitrogen and oxygen atoms in total. The highest BCUT2D eigenvalue weighted by molar-refractivity contribution is 6.30. The predicted octanol–water partition coefficient (Wildman–Crippen LogP) is 3.54. The molecule has 2 N–H and O–H groups in total. The first-order valence-electron chi connectivity index (χ1n) is 5.59. The zero-order chi connectivity index (χ0) is 11.9. The molecule has 3 heteroatoms. The van der Waals surface area contributed by atoms with Crippen LogP contribution in [0.5, 0.6) is 5.75 Å². The molecule has 0 saturated carbocycles. The maximum atomic E-state index is 6.16. The molecule has 2 unspecified atom stereocenters. The average Bonchev–Trinajstić information content (AvgIpc) is 2.17. The molecule has 0 spiro atoms. The van der Waals surface area contributed by atoms with Gasteiger partial charge in [-0.1, -0.05) is 32.4 Å². The molecule has 1 aliphatic heterocycles. The number of hydrogen-bond acceptors (Lipinski definition) is 2. The van der Waals surface area contributed by atoms with Crippen LogP contribution < -0.4 is 10.5 Å². The molecular weight excluding hydrogens is 222 g/mol. The van der Waals surface area contributed by atoms with Gasteiger partial charge in [0.25, 0.3) is 0 Å². The van der Waals surface area contributed by atoms with Crippen molar-refractivity contribution in [2.75, 3.05) is 0 Å². The zero-order valence-electron chi connectivity index (χ0n) is 9.96. The highest BCUT2D eigenvalue weighted by Gasteiger charge is 2.33. The standard InChI is InChI=1S/C13H18ClNO/c1-13(2,3)12-7-10(15)9-6-8(14)4-5-11(9)16-12/h4-6,10,12H,7,15H2,1-3H3. The van der Waals surface area contributed by atoms with Crippen LogP contribution in [-0.2, 0) is 0 Å². The molecule has 0 aliphatic carbocycles. The number of halogens is 1. The first-order valence-corrected chi connectivity index (χ1v) is 5.97. The van der Waals surface area contributed by atoms with E-state index in [2.05, 4.69) is 20.8 Å². The highest BCUT2D eigenvalue weighted by Crippen LogP contribution is 2.40. The first-order chi connectivity index (χ1) is 7.38. The summed E-state index contributed by atoms with van der Waals surface area (Å²) in [4.78, 5) is 0. The summed E-state index contributed by atoms with van der Waals surface area (Å²) in [5.41, 5.74) is 7.29. The van der Waals surface area contributed by atoms with Gasteiger partial charge in [0.1, 0.15) is 11.9 Å². The fraction of sp³-hybridized carbons (Fsp3) is 0.538. The molecule has 2 atom stereocenters. The second kappa shape index (κ2) is 3.94. The van der Waals surface area contributed by atoms with Gasteiger partial charge in [-0.05, 0) is 23.6 Å². The molecule has 88 valence electrons. The Balaban J connectivity index is 2.34. The van der Waals surface area contributed by atoms with E-state index in [-0.39, 0.29) is 17.6 Å². The molecule has 1 aromatic rings. The molecule has 0 saturated heterocycles. The summed E-state index contributed by atoms with van der Waals surface area (Å²) >= 11 is 5.96. The van der Waals surface area contributed by atoms with Crippen LogP contribution in [0, 0.1) is 5.41 Å². The number of fused-ring (bicyclic) bond motifs is 1. The summed E-state index contributed by atoms with van der Waals surface area (Å²) in [6.07, 6.45) is 1.01. The van der Waals surface area contributed by atoms with Gasteiger partial charge >= 0.3 is 0 Å². The number of nitrogens with two attached hydrogens (primary N) is 1. The Bertz CT molecular complexity index is 397. The minimum absolute atomic E-state index is 0.0201. The van der Waals surface area contributed by atoms with Crippen molar-refractivity contribution >= 4 is 11.6 Å². The lowest BCUT2D eigenvalue weighted by molar-refractivity contribution is 0.0581. The summed E-state index contributed by atoms with van der Waals surface area (Å²) in [6.45, 7) is 6.52. The van der Waals surface area contributed by atoms with E-state index in [0.717, 1.165) is 17.7 Å². The molecule has 0 bridgehead atoms. The van der Waals surface area contributed by atoms with Gasteiger partial charge in [-0.15, -0.1) is 0 Å². The Morgan fingerprint density at radius 2 is 2.06 bits per heavy atom. The number of ether oxygens (including phenoxy) is 1. The molecule has 1 aromatic carbocycles. The van der Waals surface area contributed by atoms with Gasteiger partial charge in [-0.25, -0.2) is 0 Å². The van der Waals surface area contributed by atoms with E-state index in [1.807, 2.05) is 18.2 Å². The van der Waals surface area contributed by atoms with E-state index < -0.39 is 0 Å². The molecule has 2 rings (SSSR count). The molecular formula is C13H18ClNO. The van der Waals surface area contributed by atoms with Crippen LogP contribution in [0.15, 0.2) is 18.2 Å². The van der Waals surface area contributed by atoms with E-state index in [0.29, 0.717) is 5.02 Å². The van der Waals surface area contributed by atoms with Crippen LogP contribution in [0.1, 0.15) is 38.8 Å². The third-order valence-electron chi connectivity index (χ3n) is 3.07. The van der Waals surface area contributed by atoms with E-state index in [1.165, 1.54) is 0 Å². The van der Waals surface area contributed by atoms with Crippen molar-refractivity contribution in [3.8, 4) is 5.75 Å². The molecule has 1 aliphatic rings. The third-order valence-corrected chi connectivity index (χ3v) is 3.31. The van der Waals surface area contributed by atoms with Crippen molar-refractivity contribution in [1.29, 1.82) is 0 Å². The molecule has 0 radical (unpaired) electrons. The van der Waals surface area contributed by atoms with E-state index >= 15 is 0 Å². The summed E-state index contributed by atoms with van der Waals surface area (Å²) in [6, 6.07) is 5.68. The van der Waals surface area contributed by atoms with Crippen LogP contribution >= 0.6 is 11.6 Å². The fourth-order valence-corrected chi connectivity index (χ4v) is 2.19. The lowest BCUT2D eigenvalue weighted by atomic mass is 9.82. The maximum absolute atomic E-state index is 6.16. The Morgan fingerprint density at radius 1 is 1.38 bits per heavy atom. The summed E-state index contributed by atoms with van der Waals surface area (Å²) < 4.78 is 5.98. The lowest BCUT2D eigenvalue weighted by Gasteiger charge is -2.37. The van der Waals surface area contributed by atoms with Gasteiger partial charge in [-0.2, -0.15) is 0 Å². The number of rotatable bonds is 0. The van der Waals surface area contributed by atoms with Crippen molar-refractivity contribution in [3.05, 3.63) is 28.8 Å². The molecule has 16 heavy (non-hydrogen) atoms. The Morgan fingerprint density at radius 3 is 2.69 bits per heavy atom. The highest BCUT2D eigenvalue weighted by atomic mass is 35.5. The van der Waals surface area contributed by atoms with Gasteiger partial charge in [0.15, 0.2) is 0 Å². The Labute approximate surface area is 102 Å². The first kappa shape index (κ1) is 11.7. The average molecular weight is 240 g/mol. The largest absolute Gasteiger partial charge is 0.489 e. The van der Waals surface area contributed by atoms with Gasteiger partial charge in [0, 0.05) is 23.0 Å². The number of benzene rings is 1. The van der Waals surface area contributed by atoms with Crippen LogP contribution in [0.2, 0.25) is 5.02 Å². The quantitative estimate of drug-likeness (QED) is 0.752. The monoisotopic (exact) mass is 239 g/mol. The van der Waals surface area contributed by atoms with Crippen molar-refractivity contribution in [2.24, 2.45) is 11.1 Å². The minimum Gasteiger partial charge on any atom is -0.489 e. The van der Waals surface area contributed by atoms with Crippen LogP contribution in [-0.4, -0.2) is 6.10 Å². The van der Waals surface area contributed by atoms with Gasteiger partial charge in [0.05, 0.1) is 0 Å². The topological polar surface area (TPSA) is 35.2 Å². The second-order valence-electron chi connectivity index (χ2n) is 5.50.